The lowest BCUT2D eigenvalue weighted by Crippen LogP contribution is -2.26. The summed E-state index contributed by atoms with van der Waals surface area (Å²) >= 11 is 1.03. The number of imide groups is 1. The maximum Gasteiger partial charge on any atom is 0.286 e. The predicted molar refractivity (Wildman–Crippen MR) is 119 cm³/mol. The fraction of sp³-hybridized carbons (Fsp3) is 0.208. The predicted octanol–water partition coefficient (Wildman–Crippen LogP) is 4.56. The van der Waals surface area contributed by atoms with Crippen LogP contribution in [0.5, 0.6) is 0 Å². The zero-order chi connectivity index (χ0) is 21.8. The molecule has 0 radical (unpaired) electrons. The lowest BCUT2D eigenvalue weighted by atomic mass is 9.94. The monoisotopic (exact) mass is 435 g/mol. The topological polar surface area (TPSA) is 71.1 Å². The van der Waals surface area contributed by atoms with Gasteiger partial charge in [0, 0.05) is 18.4 Å². The molecule has 2 heterocycles. The van der Waals surface area contributed by atoms with Crippen LogP contribution in [0.25, 0.3) is 0 Å². The third-order valence-electron chi connectivity index (χ3n) is 5.30. The largest absolute Gasteiger partial charge is 0.300 e. The highest BCUT2D eigenvalue weighted by molar-refractivity contribution is 8.15. The Morgan fingerprint density at radius 2 is 1.77 bits per heavy atom. The number of hydrogen-bond acceptors (Lipinski definition) is 5. The molecule has 2 amide bonds. The van der Waals surface area contributed by atoms with Crippen LogP contribution in [0.4, 0.5) is 9.18 Å². The van der Waals surface area contributed by atoms with Crippen LogP contribution in [0.3, 0.4) is 0 Å². The molecule has 2 aromatic carbocycles. The Morgan fingerprint density at radius 3 is 2.45 bits per heavy atom. The minimum Gasteiger partial charge on any atom is -0.300 e. The molecule has 1 aliphatic heterocycles. The Kier molecular flexibility index (Phi) is 6.44. The Balaban J connectivity index is 1.62. The number of benzene rings is 2. The van der Waals surface area contributed by atoms with E-state index in [0.29, 0.717) is 6.42 Å². The summed E-state index contributed by atoms with van der Waals surface area (Å²) in [4.78, 5) is 27.5. The number of nitrogens with zero attached hydrogens (tertiary/aromatic N) is 1. The van der Waals surface area contributed by atoms with E-state index in [-0.39, 0.29) is 29.0 Å². The highest BCUT2D eigenvalue weighted by Crippen LogP contribution is 2.29. The van der Waals surface area contributed by atoms with Crippen LogP contribution in [0.2, 0.25) is 0 Å². The van der Waals surface area contributed by atoms with Gasteiger partial charge in [-0.15, -0.1) is 0 Å². The minimum atomic E-state index is -0.421. The fourth-order valence-corrected chi connectivity index (χ4v) is 4.54. The summed E-state index contributed by atoms with van der Waals surface area (Å²) in [6, 6.07) is 18.2. The van der Waals surface area contributed by atoms with E-state index < -0.39 is 5.25 Å². The Hall–Kier alpha value is -3.03. The Bertz CT molecular complexity index is 1080. The van der Waals surface area contributed by atoms with Crippen molar-refractivity contribution < 1.29 is 14.0 Å². The summed E-state index contributed by atoms with van der Waals surface area (Å²) in [6.45, 7) is 2.07. The van der Waals surface area contributed by atoms with Gasteiger partial charge in [0.25, 0.3) is 5.24 Å². The van der Waals surface area contributed by atoms with E-state index in [1.165, 1.54) is 12.1 Å². The van der Waals surface area contributed by atoms with E-state index in [4.69, 9.17) is 0 Å². The summed E-state index contributed by atoms with van der Waals surface area (Å²) in [5.74, 6) is -0.535. The van der Waals surface area contributed by atoms with Gasteiger partial charge in [0.05, 0.1) is 11.3 Å². The van der Waals surface area contributed by atoms with Crippen LogP contribution in [0.15, 0.2) is 73.1 Å². The zero-order valence-electron chi connectivity index (χ0n) is 16.9. The van der Waals surface area contributed by atoms with Crippen LogP contribution < -0.4 is 10.6 Å². The van der Waals surface area contributed by atoms with Crippen molar-refractivity contribution >= 4 is 22.9 Å². The van der Waals surface area contributed by atoms with Gasteiger partial charge < -0.3 is 0 Å². The molecule has 3 atom stereocenters. The first-order valence-electron chi connectivity index (χ1n) is 10.0. The second-order valence-corrected chi connectivity index (χ2v) is 8.66. The van der Waals surface area contributed by atoms with Crippen molar-refractivity contribution in [2.45, 2.75) is 30.7 Å². The summed E-state index contributed by atoms with van der Waals surface area (Å²) in [5.41, 5.74) is 3.99. The lowest BCUT2D eigenvalue weighted by molar-refractivity contribution is -0.118. The van der Waals surface area contributed by atoms with E-state index in [9.17, 15) is 14.0 Å². The minimum absolute atomic E-state index is 0.0236. The van der Waals surface area contributed by atoms with E-state index in [0.717, 1.165) is 34.0 Å². The molecule has 1 aliphatic rings. The summed E-state index contributed by atoms with van der Waals surface area (Å²) < 4.78 is 13.5. The average molecular weight is 436 g/mol. The normalized spacial score (nSPS) is 17.9. The molecular weight excluding hydrogens is 413 g/mol. The maximum atomic E-state index is 13.5. The number of pyridine rings is 1. The van der Waals surface area contributed by atoms with Crippen molar-refractivity contribution in [3.8, 4) is 0 Å². The second-order valence-electron chi connectivity index (χ2n) is 7.49. The van der Waals surface area contributed by atoms with Crippen LogP contribution in [0, 0.1) is 5.82 Å². The molecule has 2 N–H and O–H groups in total. The maximum absolute atomic E-state index is 13.5. The van der Waals surface area contributed by atoms with E-state index in [2.05, 4.69) is 22.5 Å². The number of amides is 2. The third-order valence-corrected chi connectivity index (χ3v) is 6.28. The van der Waals surface area contributed by atoms with E-state index >= 15 is 0 Å². The molecule has 0 spiro atoms. The first kappa shape index (κ1) is 21.2. The van der Waals surface area contributed by atoms with Gasteiger partial charge in [-0.25, -0.2) is 4.39 Å². The van der Waals surface area contributed by atoms with Crippen LogP contribution in [-0.2, 0) is 11.2 Å². The zero-order valence-corrected chi connectivity index (χ0v) is 17.7. The quantitative estimate of drug-likeness (QED) is 0.570. The van der Waals surface area contributed by atoms with Crippen molar-refractivity contribution in [2.24, 2.45) is 0 Å². The molecular formula is C24H22FN3O2S. The van der Waals surface area contributed by atoms with Gasteiger partial charge in [0.1, 0.15) is 5.82 Å². The number of aromatic nitrogens is 1. The Morgan fingerprint density at radius 1 is 1.03 bits per heavy atom. The van der Waals surface area contributed by atoms with Gasteiger partial charge in [-0.3, -0.25) is 25.2 Å². The van der Waals surface area contributed by atoms with Gasteiger partial charge in [-0.05, 0) is 59.9 Å². The molecule has 4 rings (SSSR count). The fourth-order valence-electron chi connectivity index (χ4n) is 3.68. The summed E-state index contributed by atoms with van der Waals surface area (Å²) in [6.07, 6.45) is 3.98. The molecule has 1 aromatic heterocycles. The Labute approximate surface area is 184 Å². The van der Waals surface area contributed by atoms with Crippen molar-refractivity contribution in [1.82, 2.24) is 15.6 Å². The molecule has 1 fully saturated rings. The molecule has 0 saturated carbocycles. The van der Waals surface area contributed by atoms with E-state index in [1.54, 1.807) is 24.5 Å². The standard InChI is InChI=1S/C24H22FN3O2S/c1-15(17-9-11-26-12-10-17)27-22(18-5-7-20(25)8-6-18)19-4-2-3-16(13-19)14-21-23(29)28-24(30)31-21/h2-13,15,21-22,27H,14H2,1H3,(H,28,29,30). The second kappa shape index (κ2) is 9.41. The number of halogens is 1. The molecule has 5 nitrogen and oxygen atoms in total. The van der Waals surface area contributed by atoms with Crippen molar-refractivity contribution in [3.63, 3.8) is 0 Å². The molecule has 0 aliphatic carbocycles. The van der Waals surface area contributed by atoms with Crippen LogP contribution >= 0.6 is 11.8 Å². The first-order valence-corrected chi connectivity index (χ1v) is 10.9. The number of thioether (sulfide) groups is 1. The SMILES string of the molecule is CC(NC(c1ccc(F)cc1)c1cccc(CC2SC(=O)NC2=O)c1)c1ccncc1. The molecule has 31 heavy (non-hydrogen) atoms. The van der Waals surface area contributed by atoms with Gasteiger partial charge in [-0.2, -0.15) is 0 Å². The molecule has 3 unspecified atom stereocenters. The summed E-state index contributed by atoms with van der Waals surface area (Å²) in [5, 5.41) is 5.24. The van der Waals surface area contributed by atoms with Gasteiger partial charge in [-0.1, -0.05) is 48.2 Å². The number of carbonyl (C=O) groups excluding carboxylic acids is 2. The van der Waals surface area contributed by atoms with Gasteiger partial charge >= 0.3 is 0 Å². The van der Waals surface area contributed by atoms with Crippen molar-refractivity contribution in [1.29, 1.82) is 0 Å². The molecule has 1 saturated heterocycles. The van der Waals surface area contributed by atoms with Crippen molar-refractivity contribution in [3.05, 3.63) is 101 Å². The lowest BCUT2D eigenvalue weighted by Gasteiger charge is -2.25. The highest BCUT2D eigenvalue weighted by Gasteiger charge is 2.31. The molecule has 0 bridgehead atoms. The number of carbonyl (C=O) groups is 2. The van der Waals surface area contributed by atoms with Gasteiger partial charge in [0.2, 0.25) is 5.91 Å². The van der Waals surface area contributed by atoms with Crippen LogP contribution in [0.1, 0.15) is 41.3 Å². The number of nitrogens with one attached hydrogen (secondary N) is 2. The average Bonchev–Trinajstić information content (AvgIpc) is 3.10. The smallest absolute Gasteiger partial charge is 0.286 e. The van der Waals surface area contributed by atoms with E-state index in [1.807, 2.05) is 36.4 Å². The first-order chi connectivity index (χ1) is 15.0. The number of hydrogen-bond donors (Lipinski definition) is 2. The molecule has 158 valence electrons. The number of rotatable bonds is 7. The summed E-state index contributed by atoms with van der Waals surface area (Å²) in [7, 11) is 0. The highest BCUT2D eigenvalue weighted by atomic mass is 32.2. The molecule has 3 aromatic rings. The van der Waals surface area contributed by atoms with Crippen molar-refractivity contribution in [2.75, 3.05) is 0 Å². The molecule has 7 heteroatoms. The third kappa shape index (κ3) is 5.18. The van der Waals surface area contributed by atoms with Gasteiger partial charge in [0.15, 0.2) is 0 Å². The van der Waals surface area contributed by atoms with Crippen LogP contribution in [-0.4, -0.2) is 21.4 Å².